The highest BCUT2D eigenvalue weighted by Gasteiger charge is 2.18. The van der Waals surface area contributed by atoms with Crippen molar-refractivity contribution in [3.63, 3.8) is 0 Å². The predicted octanol–water partition coefficient (Wildman–Crippen LogP) is 3.03. The number of likely N-dealkylation sites (N-methyl/N-ethyl adjacent to an activating group) is 1. The molecule has 1 amide bonds. The zero-order valence-corrected chi connectivity index (χ0v) is 19.0. The minimum absolute atomic E-state index is 0.0550. The standard InChI is InChI=1S/C25H31N5O3/c1-29-15-17-30(18-16-29)24-4-2-3-20(27-24)9-10-23(31)19-5-7-21(8-6-19)28-25(32)33-22-11-13-26-14-12-22/h2-10,22,26H,11-18H2,1H3,(H,28,32)/b10-9+. The number of allylic oxidation sites excluding steroid dienone is 1. The van der Waals surface area contributed by atoms with Crippen LogP contribution in [0.15, 0.2) is 48.5 Å². The molecule has 2 aromatic rings. The largest absolute Gasteiger partial charge is 0.446 e. The van der Waals surface area contributed by atoms with Gasteiger partial charge in [0.15, 0.2) is 5.78 Å². The van der Waals surface area contributed by atoms with Gasteiger partial charge in [0.1, 0.15) is 11.9 Å². The molecule has 2 aliphatic heterocycles. The highest BCUT2D eigenvalue weighted by atomic mass is 16.6. The molecule has 0 unspecified atom stereocenters. The molecule has 3 heterocycles. The smallest absolute Gasteiger partial charge is 0.411 e. The maximum absolute atomic E-state index is 12.6. The van der Waals surface area contributed by atoms with Crippen LogP contribution in [0.4, 0.5) is 16.3 Å². The summed E-state index contributed by atoms with van der Waals surface area (Å²) in [6.45, 7) is 5.64. The molecule has 1 aromatic carbocycles. The second kappa shape index (κ2) is 11.1. The maximum atomic E-state index is 12.6. The van der Waals surface area contributed by atoms with E-state index >= 15 is 0 Å². The molecule has 2 saturated heterocycles. The van der Waals surface area contributed by atoms with Crippen LogP contribution in [0.25, 0.3) is 6.08 Å². The number of piperidine rings is 1. The number of nitrogens with one attached hydrogen (secondary N) is 2. The first-order chi connectivity index (χ1) is 16.1. The third-order valence-corrected chi connectivity index (χ3v) is 5.96. The Labute approximate surface area is 194 Å². The van der Waals surface area contributed by atoms with E-state index in [0.29, 0.717) is 11.3 Å². The Kier molecular flexibility index (Phi) is 7.70. The fourth-order valence-corrected chi connectivity index (χ4v) is 3.93. The molecule has 2 N–H and O–H groups in total. The molecule has 0 aliphatic carbocycles. The van der Waals surface area contributed by atoms with E-state index in [1.54, 1.807) is 30.3 Å². The zero-order chi connectivity index (χ0) is 23.0. The molecule has 1 aromatic heterocycles. The normalized spacial score (nSPS) is 17.8. The van der Waals surface area contributed by atoms with Crippen LogP contribution in [0.2, 0.25) is 0 Å². The summed E-state index contributed by atoms with van der Waals surface area (Å²) in [4.78, 5) is 33.9. The first-order valence-electron chi connectivity index (χ1n) is 11.5. The zero-order valence-electron chi connectivity index (χ0n) is 19.0. The number of hydrogen-bond acceptors (Lipinski definition) is 7. The van der Waals surface area contributed by atoms with Gasteiger partial charge in [-0.25, -0.2) is 9.78 Å². The van der Waals surface area contributed by atoms with Gasteiger partial charge in [-0.3, -0.25) is 10.1 Å². The van der Waals surface area contributed by atoms with E-state index in [2.05, 4.69) is 32.5 Å². The molecule has 2 aliphatic rings. The molecule has 0 bridgehead atoms. The van der Waals surface area contributed by atoms with Crippen molar-refractivity contribution < 1.29 is 14.3 Å². The minimum atomic E-state index is -0.466. The number of ketones is 1. The lowest BCUT2D eigenvalue weighted by atomic mass is 10.1. The van der Waals surface area contributed by atoms with Crippen molar-refractivity contribution in [2.45, 2.75) is 18.9 Å². The minimum Gasteiger partial charge on any atom is -0.446 e. The van der Waals surface area contributed by atoms with Crippen molar-refractivity contribution in [2.24, 2.45) is 0 Å². The van der Waals surface area contributed by atoms with Crippen molar-refractivity contribution in [3.05, 3.63) is 59.8 Å². The topological polar surface area (TPSA) is 86.8 Å². The molecule has 8 heteroatoms. The summed E-state index contributed by atoms with van der Waals surface area (Å²) in [6.07, 6.45) is 4.39. The SMILES string of the molecule is CN1CCN(c2cccc(/C=C/C(=O)c3ccc(NC(=O)OC4CCNCC4)cc3)n2)CC1. The van der Waals surface area contributed by atoms with Crippen LogP contribution in [0, 0.1) is 0 Å². The number of anilines is 2. The molecule has 8 nitrogen and oxygen atoms in total. The van der Waals surface area contributed by atoms with E-state index in [1.165, 1.54) is 6.08 Å². The molecule has 174 valence electrons. The van der Waals surface area contributed by atoms with Crippen LogP contribution in [0.3, 0.4) is 0 Å². The lowest BCUT2D eigenvalue weighted by Crippen LogP contribution is -2.44. The van der Waals surface area contributed by atoms with Crippen LogP contribution < -0.4 is 15.5 Å². The van der Waals surface area contributed by atoms with Gasteiger partial charge in [0.25, 0.3) is 0 Å². The quantitative estimate of drug-likeness (QED) is 0.518. The number of rotatable bonds is 6. The number of amides is 1. The van der Waals surface area contributed by atoms with Gasteiger partial charge >= 0.3 is 6.09 Å². The Balaban J connectivity index is 1.31. The maximum Gasteiger partial charge on any atom is 0.411 e. The Morgan fingerprint density at radius 3 is 2.52 bits per heavy atom. The van der Waals surface area contributed by atoms with Crippen LogP contribution in [-0.2, 0) is 4.74 Å². The number of carbonyl (C=O) groups excluding carboxylic acids is 2. The van der Waals surface area contributed by atoms with Gasteiger partial charge in [0.2, 0.25) is 0 Å². The summed E-state index contributed by atoms with van der Waals surface area (Å²) in [5.41, 5.74) is 1.88. The van der Waals surface area contributed by atoms with Crippen LogP contribution in [-0.4, -0.2) is 74.2 Å². The van der Waals surface area contributed by atoms with E-state index in [-0.39, 0.29) is 11.9 Å². The van der Waals surface area contributed by atoms with E-state index < -0.39 is 6.09 Å². The molecule has 0 saturated carbocycles. The number of carbonyl (C=O) groups is 2. The molecular formula is C25H31N5O3. The number of pyridine rings is 1. The molecule has 0 spiro atoms. The van der Waals surface area contributed by atoms with Gasteiger partial charge in [-0.1, -0.05) is 6.07 Å². The summed E-state index contributed by atoms with van der Waals surface area (Å²) in [5.74, 6) is 0.815. The number of hydrogen-bond donors (Lipinski definition) is 2. The molecule has 0 atom stereocenters. The van der Waals surface area contributed by atoms with Crippen molar-refractivity contribution in [2.75, 3.05) is 56.5 Å². The summed E-state index contributed by atoms with van der Waals surface area (Å²) in [6, 6.07) is 12.7. The molecule has 0 radical (unpaired) electrons. The Morgan fingerprint density at radius 2 is 1.79 bits per heavy atom. The Morgan fingerprint density at radius 1 is 1.06 bits per heavy atom. The summed E-state index contributed by atoms with van der Waals surface area (Å²) in [5, 5.41) is 5.96. The summed E-state index contributed by atoms with van der Waals surface area (Å²) >= 11 is 0. The van der Waals surface area contributed by atoms with Crippen LogP contribution >= 0.6 is 0 Å². The number of ether oxygens (including phenoxy) is 1. The van der Waals surface area contributed by atoms with Gasteiger partial charge in [0, 0.05) is 37.4 Å². The van der Waals surface area contributed by atoms with Gasteiger partial charge in [0.05, 0.1) is 5.69 Å². The Hall–Kier alpha value is -3.23. The number of piperazine rings is 1. The number of nitrogens with zero attached hydrogens (tertiary/aromatic N) is 3. The van der Waals surface area contributed by atoms with Crippen molar-refractivity contribution >= 4 is 29.5 Å². The average molecular weight is 450 g/mol. The molecule has 2 fully saturated rings. The monoisotopic (exact) mass is 449 g/mol. The first kappa shape index (κ1) is 22.9. The van der Waals surface area contributed by atoms with Crippen molar-refractivity contribution in [3.8, 4) is 0 Å². The Bertz CT molecular complexity index is 978. The average Bonchev–Trinajstić information content (AvgIpc) is 2.84. The van der Waals surface area contributed by atoms with Crippen molar-refractivity contribution in [1.82, 2.24) is 15.2 Å². The predicted molar refractivity (Wildman–Crippen MR) is 130 cm³/mol. The molecule has 33 heavy (non-hydrogen) atoms. The number of aromatic nitrogens is 1. The van der Waals surface area contributed by atoms with E-state index in [9.17, 15) is 9.59 Å². The second-order valence-corrected chi connectivity index (χ2v) is 8.47. The van der Waals surface area contributed by atoms with E-state index in [0.717, 1.165) is 63.6 Å². The first-order valence-corrected chi connectivity index (χ1v) is 11.5. The summed E-state index contributed by atoms with van der Waals surface area (Å²) in [7, 11) is 2.12. The van der Waals surface area contributed by atoms with E-state index in [1.807, 2.05) is 18.2 Å². The highest BCUT2D eigenvalue weighted by molar-refractivity contribution is 6.07. The van der Waals surface area contributed by atoms with E-state index in [4.69, 9.17) is 4.74 Å². The van der Waals surface area contributed by atoms with Crippen LogP contribution in [0.5, 0.6) is 0 Å². The van der Waals surface area contributed by atoms with Gasteiger partial charge in [-0.05, 0) is 81.5 Å². The third-order valence-electron chi connectivity index (χ3n) is 5.96. The third kappa shape index (κ3) is 6.63. The highest BCUT2D eigenvalue weighted by Crippen LogP contribution is 2.16. The molecular weight excluding hydrogens is 418 g/mol. The molecule has 4 rings (SSSR count). The van der Waals surface area contributed by atoms with Crippen LogP contribution in [0.1, 0.15) is 28.9 Å². The fourth-order valence-electron chi connectivity index (χ4n) is 3.93. The van der Waals surface area contributed by atoms with Gasteiger partial charge in [-0.15, -0.1) is 0 Å². The number of benzene rings is 1. The van der Waals surface area contributed by atoms with Gasteiger partial charge < -0.3 is 19.9 Å². The van der Waals surface area contributed by atoms with Gasteiger partial charge in [-0.2, -0.15) is 0 Å². The lowest BCUT2D eigenvalue weighted by Gasteiger charge is -2.33. The second-order valence-electron chi connectivity index (χ2n) is 8.47. The van der Waals surface area contributed by atoms with Crippen molar-refractivity contribution in [1.29, 1.82) is 0 Å². The lowest BCUT2D eigenvalue weighted by molar-refractivity contribution is 0.0909. The fraction of sp³-hybridized carbons (Fsp3) is 0.400. The summed E-state index contributed by atoms with van der Waals surface area (Å²) < 4.78 is 5.44.